The Balaban J connectivity index is 3.18. The number of hydrogen-bond donors (Lipinski definition) is 1. The van der Waals surface area contributed by atoms with Gasteiger partial charge in [-0.3, -0.25) is 0 Å². The molecule has 1 aromatic carbocycles. The molecule has 0 bridgehead atoms. The molecular weight excluding hydrogens is 140 g/mol. The minimum atomic E-state index is 0.995. The maximum atomic E-state index is 4.23. The molecule has 0 heterocycles. The molecule has 52 valence electrons. The molecule has 10 heavy (non-hydrogen) atoms. The molecule has 0 aliphatic rings. The van der Waals surface area contributed by atoms with E-state index in [1.54, 1.807) is 0 Å². The second-order valence-electron chi connectivity index (χ2n) is 2.31. The molecule has 0 radical (unpaired) electrons. The lowest BCUT2D eigenvalue weighted by Crippen LogP contribution is -1.75. The van der Waals surface area contributed by atoms with Gasteiger partial charge in [-0.1, -0.05) is 18.7 Å². The molecule has 0 unspecified atom stereocenters. The van der Waals surface area contributed by atoms with Gasteiger partial charge < -0.3 is 0 Å². The van der Waals surface area contributed by atoms with Gasteiger partial charge in [0.05, 0.1) is 0 Å². The number of aryl methyl sites for hydroxylation is 1. The van der Waals surface area contributed by atoms with E-state index in [1.807, 2.05) is 25.1 Å². The van der Waals surface area contributed by atoms with Crippen LogP contribution < -0.4 is 0 Å². The van der Waals surface area contributed by atoms with Gasteiger partial charge in [0.1, 0.15) is 0 Å². The van der Waals surface area contributed by atoms with Gasteiger partial charge in [0.2, 0.25) is 0 Å². The van der Waals surface area contributed by atoms with E-state index in [0.717, 1.165) is 10.5 Å². The molecule has 1 heteroatoms. The fourth-order valence-electron chi connectivity index (χ4n) is 0.910. The van der Waals surface area contributed by atoms with E-state index in [0.29, 0.717) is 0 Å². The first-order valence-electron chi connectivity index (χ1n) is 3.15. The molecule has 1 rings (SSSR count). The third-order valence-electron chi connectivity index (χ3n) is 1.32. The topological polar surface area (TPSA) is 0 Å². The van der Waals surface area contributed by atoms with Crippen LogP contribution >= 0.6 is 12.6 Å². The Morgan fingerprint density at radius 1 is 1.40 bits per heavy atom. The van der Waals surface area contributed by atoms with Crippen LogP contribution in [0.15, 0.2) is 29.7 Å². The largest absolute Gasteiger partial charge is 0.143 e. The van der Waals surface area contributed by atoms with E-state index in [-0.39, 0.29) is 0 Å². The summed E-state index contributed by atoms with van der Waals surface area (Å²) in [6.07, 6.45) is 1.83. The summed E-state index contributed by atoms with van der Waals surface area (Å²) < 4.78 is 0. The smallest absolute Gasteiger partial charge is 0.00485 e. The Bertz CT molecular complexity index is 231. The fourth-order valence-corrected chi connectivity index (χ4v) is 1.26. The molecular formula is C9H10S. The van der Waals surface area contributed by atoms with Crippen molar-refractivity contribution in [1.29, 1.82) is 0 Å². The molecule has 0 saturated heterocycles. The SMILES string of the molecule is C=Cc1cc(C)cc(S)c1. The van der Waals surface area contributed by atoms with Crippen molar-refractivity contribution in [3.8, 4) is 0 Å². The molecule has 0 amide bonds. The lowest BCUT2D eigenvalue weighted by molar-refractivity contribution is 1.36. The summed E-state index contributed by atoms with van der Waals surface area (Å²) in [4.78, 5) is 0.995. The molecule has 0 atom stereocenters. The zero-order valence-corrected chi connectivity index (χ0v) is 6.86. The van der Waals surface area contributed by atoms with Crippen LogP contribution in [0.25, 0.3) is 6.08 Å². The minimum Gasteiger partial charge on any atom is -0.143 e. The molecule has 0 aromatic heterocycles. The van der Waals surface area contributed by atoms with Crippen LogP contribution in [0.3, 0.4) is 0 Å². The van der Waals surface area contributed by atoms with Crippen molar-refractivity contribution in [2.45, 2.75) is 11.8 Å². The van der Waals surface area contributed by atoms with Crippen LogP contribution in [0, 0.1) is 6.92 Å². The highest BCUT2D eigenvalue weighted by molar-refractivity contribution is 7.80. The van der Waals surface area contributed by atoms with Gasteiger partial charge in [-0.2, -0.15) is 0 Å². The van der Waals surface area contributed by atoms with Crippen LogP contribution in [-0.4, -0.2) is 0 Å². The second-order valence-corrected chi connectivity index (χ2v) is 2.82. The summed E-state index contributed by atoms with van der Waals surface area (Å²) in [6, 6.07) is 6.09. The van der Waals surface area contributed by atoms with Gasteiger partial charge in [0.25, 0.3) is 0 Å². The van der Waals surface area contributed by atoms with Crippen LogP contribution in [0.2, 0.25) is 0 Å². The van der Waals surface area contributed by atoms with Gasteiger partial charge in [0.15, 0.2) is 0 Å². The number of benzene rings is 1. The van der Waals surface area contributed by atoms with Crippen molar-refractivity contribution in [3.63, 3.8) is 0 Å². The van der Waals surface area contributed by atoms with E-state index >= 15 is 0 Å². The summed E-state index contributed by atoms with van der Waals surface area (Å²) >= 11 is 4.23. The van der Waals surface area contributed by atoms with Crippen molar-refractivity contribution in [3.05, 3.63) is 35.9 Å². The van der Waals surface area contributed by atoms with Gasteiger partial charge >= 0.3 is 0 Å². The summed E-state index contributed by atoms with van der Waals surface area (Å²) in [5.41, 5.74) is 2.35. The summed E-state index contributed by atoms with van der Waals surface area (Å²) in [6.45, 7) is 5.73. The average molecular weight is 150 g/mol. The highest BCUT2D eigenvalue weighted by atomic mass is 32.1. The zero-order chi connectivity index (χ0) is 7.56. The van der Waals surface area contributed by atoms with Crippen LogP contribution in [0.4, 0.5) is 0 Å². The van der Waals surface area contributed by atoms with Crippen molar-refractivity contribution >= 4 is 18.7 Å². The van der Waals surface area contributed by atoms with Crippen LogP contribution in [0.1, 0.15) is 11.1 Å². The van der Waals surface area contributed by atoms with Crippen LogP contribution in [0.5, 0.6) is 0 Å². The molecule has 0 N–H and O–H groups in total. The number of rotatable bonds is 1. The molecule has 0 aliphatic carbocycles. The quantitative estimate of drug-likeness (QED) is 0.585. The van der Waals surface area contributed by atoms with Crippen molar-refractivity contribution < 1.29 is 0 Å². The van der Waals surface area contributed by atoms with Crippen molar-refractivity contribution in [1.82, 2.24) is 0 Å². The van der Waals surface area contributed by atoms with Gasteiger partial charge in [-0.15, -0.1) is 12.6 Å². The van der Waals surface area contributed by atoms with E-state index in [9.17, 15) is 0 Å². The molecule has 1 aromatic rings. The second kappa shape index (κ2) is 2.93. The number of hydrogen-bond acceptors (Lipinski definition) is 1. The maximum absolute atomic E-state index is 4.23. The van der Waals surface area contributed by atoms with Crippen molar-refractivity contribution in [2.24, 2.45) is 0 Å². The first-order chi connectivity index (χ1) is 4.72. The lowest BCUT2D eigenvalue weighted by atomic mass is 10.1. The fraction of sp³-hybridized carbons (Fsp3) is 0.111. The Morgan fingerprint density at radius 2 is 2.10 bits per heavy atom. The first-order valence-corrected chi connectivity index (χ1v) is 3.60. The average Bonchev–Trinajstić information content (AvgIpc) is 1.85. The van der Waals surface area contributed by atoms with E-state index in [2.05, 4.69) is 25.3 Å². The Kier molecular flexibility index (Phi) is 2.17. The molecule has 0 spiro atoms. The van der Waals surface area contributed by atoms with Gasteiger partial charge in [-0.25, -0.2) is 0 Å². The lowest BCUT2D eigenvalue weighted by Gasteiger charge is -1.97. The molecule has 0 nitrogen and oxygen atoms in total. The summed E-state index contributed by atoms with van der Waals surface area (Å²) in [5, 5.41) is 0. The summed E-state index contributed by atoms with van der Waals surface area (Å²) in [7, 11) is 0. The van der Waals surface area contributed by atoms with E-state index in [4.69, 9.17) is 0 Å². The van der Waals surface area contributed by atoms with Crippen molar-refractivity contribution in [2.75, 3.05) is 0 Å². The predicted molar refractivity (Wildman–Crippen MR) is 48.5 cm³/mol. The highest BCUT2D eigenvalue weighted by Gasteiger charge is 1.89. The number of thiol groups is 1. The monoisotopic (exact) mass is 150 g/mol. The standard InChI is InChI=1S/C9H10S/c1-3-8-4-7(2)5-9(10)6-8/h3-6,10H,1H2,2H3. The highest BCUT2D eigenvalue weighted by Crippen LogP contribution is 2.13. The van der Waals surface area contributed by atoms with Crippen LogP contribution in [-0.2, 0) is 0 Å². The molecule has 0 saturated carbocycles. The Morgan fingerprint density at radius 3 is 2.60 bits per heavy atom. The van der Waals surface area contributed by atoms with E-state index < -0.39 is 0 Å². The van der Waals surface area contributed by atoms with E-state index in [1.165, 1.54) is 5.56 Å². The normalized spacial score (nSPS) is 9.40. The molecule has 0 fully saturated rings. The minimum absolute atomic E-state index is 0.995. The maximum Gasteiger partial charge on any atom is 0.00485 e. The third-order valence-corrected chi connectivity index (χ3v) is 1.58. The Hall–Kier alpha value is -0.690. The van der Waals surface area contributed by atoms with Gasteiger partial charge in [-0.05, 0) is 30.2 Å². The molecule has 0 aliphatic heterocycles. The zero-order valence-electron chi connectivity index (χ0n) is 5.96. The van der Waals surface area contributed by atoms with Gasteiger partial charge in [0, 0.05) is 4.90 Å². The Labute approximate surface area is 67.0 Å². The first kappa shape index (κ1) is 7.42. The predicted octanol–water partition coefficient (Wildman–Crippen LogP) is 2.93. The third kappa shape index (κ3) is 1.64. The summed E-state index contributed by atoms with van der Waals surface area (Å²) in [5.74, 6) is 0.